The second kappa shape index (κ2) is 5.02. The molecule has 2 aromatic rings. The third-order valence-corrected chi connectivity index (χ3v) is 3.13. The number of carbonyl (C=O) groups excluding carboxylic acids is 1. The van der Waals surface area contributed by atoms with Crippen molar-refractivity contribution >= 4 is 23.5 Å². The molecule has 7 nitrogen and oxygen atoms in total. The van der Waals surface area contributed by atoms with E-state index in [1.165, 1.54) is 12.3 Å². The van der Waals surface area contributed by atoms with E-state index in [0.29, 0.717) is 16.6 Å². The fourth-order valence-electron chi connectivity index (χ4n) is 1.98. The zero-order chi connectivity index (χ0) is 13.2. The summed E-state index contributed by atoms with van der Waals surface area (Å²) >= 11 is 5.73. The zero-order valence-electron chi connectivity index (χ0n) is 9.94. The van der Waals surface area contributed by atoms with Crippen molar-refractivity contribution in [3.8, 4) is 0 Å². The Labute approximate surface area is 113 Å². The normalized spacial score (nSPS) is 18.7. The van der Waals surface area contributed by atoms with Gasteiger partial charge >= 0.3 is 6.01 Å². The highest BCUT2D eigenvalue weighted by atomic mass is 35.5. The molecule has 1 aliphatic rings. The van der Waals surface area contributed by atoms with Gasteiger partial charge in [-0.3, -0.25) is 10.1 Å². The van der Waals surface area contributed by atoms with Gasteiger partial charge in [-0.1, -0.05) is 16.7 Å². The molecule has 2 aromatic heterocycles. The maximum atomic E-state index is 11.8. The van der Waals surface area contributed by atoms with Gasteiger partial charge in [0.15, 0.2) is 0 Å². The molecule has 1 amide bonds. The van der Waals surface area contributed by atoms with Crippen molar-refractivity contribution in [2.45, 2.75) is 18.9 Å². The molecule has 1 aliphatic heterocycles. The van der Waals surface area contributed by atoms with Crippen LogP contribution in [0.3, 0.4) is 0 Å². The van der Waals surface area contributed by atoms with Crippen LogP contribution in [0.1, 0.15) is 35.3 Å². The van der Waals surface area contributed by atoms with Gasteiger partial charge in [0.1, 0.15) is 5.69 Å². The van der Waals surface area contributed by atoms with E-state index in [4.69, 9.17) is 16.0 Å². The molecule has 0 radical (unpaired) electrons. The predicted molar refractivity (Wildman–Crippen MR) is 68.0 cm³/mol. The maximum Gasteiger partial charge on any atom is 0.322 e. The first kappa shape index (κ1) is 12.2. The van der Waals surface area contributed by atoms with E-state index in [0.717, 1.165) is 19.4 Å². The van der Waals surface area contributed by atoms with E-state index < -0.39 is 0 Å². The summed E-state index contributed by atoms with van der Waals surface area (Å²) in [7, 11) is 0. The topological polar surface area (TPSA) is 95.8 Å². The third-order valence-electron chi connectivity index (χ3n) is 2.91. The second-order valence-electron chi connectivity index (χ2n) is 4.28. The van der Waals surface area contributed by atoms with Crippen LogP contribution >= 0.6 is 11.6 Å². The van der Waals surface area contributed by atoms with Crippen molar-refractivity contribution in [1.82, 2.24) is 20.5 Å². The SMILES string of the molecule is O=C(Nc1nnc(C2CCCN2)o1)c1cc(Cl)c[nH]1. The Bertz CT molecular complexity index is 587. The lowest BCUT2D eigenvalue weighted by Crippen LogP contribution is -2.13. The molecular formula is C11H12ClN5O2. The first-order chi connectivity index (χ1) is 9.22. The van der Waals surface area contributed by atoms with E-state index >= 15 is 0 Å². The van der Waals surface area contributed by atoms with Crippen LogP contribution in [0, 0.1) is 0 Å². The van der Waals surface area contributed by atoms with Crippen molar-refractivity contribution in [3.63, 3.8) is 0 Å². The molecule has 0 bridgehead atoms. The number of halogens is 1. The number of carbonyl (C=O) groups is 1. The van der Waals surface area contributed by atoms with Gasteiger partial charge in [-0.15, -0.1) is 5.10 Å². The number of nitrogens with one attached hydrogen (secondary N) is 3. The minimum Gasteiger partial charge on any atom is -0.406 e. The van der Waals surface area contributed by atoms with Gasteiger partial charge in [0.25, 0.3) is 5.91 Å². The maximum absolute atomic E-state index is 11.8. The van der Waals surface area contributed by atoms with Crippen molar-refractivity contribution in [2.24, 2.45) is 0 Å². The summed E-state index contributed by atoms with van der Waals surface area (Å²) in [6.45, 7) is 0.940. The molecule has 3 heterocycles. The number of rotatable bonds is 3. The van der Waals surface area contributed by atoms with Crippen LogP contribution < -0.4 is 10.6 Å². The standard InChI is InChI=1S/C11H12ClN5O2/c12-6-4-8(14-5-6)9(18)15-11-17-16-10(19-11)7-2-1-3-13-7/h4-5,7,13-14H,1-3H2,(H,15,17,18). The highest BCUT2D eigenvalue weighted by Crippen LogP contribution is 2.23. The molecule has 19 heavy (non-hydrogen) atoms. The number of aromatic amines is 1. The molecule has 100 valence electrons. The molecular weight excluding hydrogens is 270 g/mol. The minimum absolute atomic E-state index is 0.0816. The summed E-state index contributed by atoms with van der Waals surface area (Å²) in [5.74, 6) is 0.124. The average molecular weight is 282 g/mol. The number of amides is 1. The van der Waals surface area contributed by atoms with Gasteiger partial charge in [-0.2, -0.15) is 0 Å². The van der Waals surface area contributed by atoms with Gasteiger partial charge in [0.2, 0.25) is 5.89 Å². The Hall–Kier alpha value is -1.86. The molecule has 8 heteroatoms. The number of anilines is 1. The van der Waals surface area contributed by atoms with Crippen LogP contribution in [0.2, 0.25) is 5.02 Å². The van der Waals surface area contributed by atoms with E-state index in [1.807, 2.05) is 0 Å². The van der Waals surface area contributed by atoms with Crippen molar-refractivity contribution in [2.75, 3.05) is 11.9 Å². The monoisotopic (exact) mass is 281 g/mol. The number of aromatic nitrogens is 3. The fourth-order valence-corrected chi connectivity index (χ4v) is 2.15. The summed E-state index contributed by atoms with van der Waals surface area (Å²) in [5.41, 5.74) is 0.337. The lowest BCUT2D eigenvalue weighted by Gasteiger charge is -2.02. The van der Waals surface area contributed by atoms with E-state index in [2.05, 4.69) is 25.8 Å². The summed E-state index contributed by atoms with van der Waals surface area (Å²) in [4.78, 5) is 14.6. The van der Waals surface area contributed by atoms with Gasteiger partial charge < -0.3 is 14.7 Å². The molecule has 1 fully saturated rings. The fraction of sp³-hybridized carbons (Fsp3) is 0.364. The molecule has 1 atom stereocenters. The highest BCUT2D eigenvalue weighted by molar-refractivity contribution is 6.31. The zero-order valence-corrected chi connectivity index (χ0v) is 10.7. The van der Waals surface area contributed by atoms with Crippen LogP contribution in [0.25, 0.3) is 0 Å². The second-order valence-corrected chi connectivity index (χ2v) is 4.72. The van der Waals surface area contributed by atoms with Crippen molar-refractivity contribution < 1.29 is 9.21 Å². The number of nitrogens with zero attached hydrogens (tertiary/aromatic N) is 2. The van der Waals surface area contributed by atoms with Crippen LogP contribution in [0.5, 0.6) is 0 Å². The minimum atomic E-state index is -0.374. The molecule has 0 saturated carbocycles. The Balaban J connectivity index is 1.68. The Morgan fingerprint density at radius 2 is 2.42 bits per heavy atom. The lowest BCUT2D eigenvalue weighted by atomic mass is 10.2. The molecule has 1 unspecified atom stereocenters. The number of hydrogen-bond acceptors (Lipinski definition) is 5. The van der Waals surface area contributed by atoms with Crippen LogP contribution in [-0.4, -0.2) is 27.6 Å². The molecule has 0 aliphatic carbocycles. The molecule has 3 N–H and O–H groups in total. The van der Waals surface area contributed by atoms with Gasteiger partial charge in [-0.05, 0) is 25.5 Å². The summed E-state index contributed by atoms with van der Waals surface area (Å²) < 4.78 is 5.40. The van der Waals surface area contributed by atoms with Crippen LogP contribution in [-0.2, 0) is 0 Å². The molecule has 0 aromatic carbocycles. The largest absolute Gasteiger partial charge is 0.406 e. The summed E-state index contributed by atoms with van der Waals surface area (Å²) in [5, 5.41) is 13.9. The first-order valence-corrected chi connectivity index (χ1v) is 6.32. The number of H-pyrrole nitrogens is 1. The smallest absolute Gasteiger partial charge is 0.322 e. The van der Waals surface area contributed by atoms with Crippen LogP contribution in [0.15, 0.2) is 16.7 Å². The summed E-state index contributed by atoms with van der Waals surface area (Å²) in [6.07, 6.45) is 3.57. The summed E-state index contributed by atoms with van der Waals surface area (Å²) in [6, 6.07) is 1.68. The Kier molecular flexibility index (Phi) is 3.22. The van der Waals surface area contributed by atoms with Gasteiger partial charge in [0, 0.05) is 6.20 Å². The van der Waals surface area contributed by atoms with Crippen molar-refractivity contribution in [1.29, 1.82) is 0 Å². The molecule has 1 saturated heterocycles. The Morgan fingerprint density at radius 1 is 1.53 bits per heavy atom. The average Bonchev–Trinajstić information content (AvgIpc) is 3.07. The lowest BCUT2D eigenvalue weighted by molar-refractivity contribution is 0.102. The van der Waals surface area contributed by atoms with E-state index in [9.17, 15) is 4.79 Å². The van der Waals surface area contributed by atoms with E-state index in [1.54, 1.807) is 0 Å². The quantitative estimate of drug-likeness (QED) is 0.796. The molecule has 3 rings (SSSR count). The highest BCUT2D eigenvalue weighted by Gasteiger charge is 2.22. The van der Waals surface area contributed by atoms with Crippen LogP contribution in [0.4, 0.5) is 6.01 Å². The first-order valence-electron chi connectivity index (χ1n) is 5.94. The number of hydrogen-bond donors (Lipinski definition) is 3. The molecule has 0 spiro atoms. The predicted octanol–water partition coefficient (Wildman–Crippen LogP) is 1.73. The van der Waals surface area contributed by atoms with Gasteiger partial charge in [0.05, 0.1) is 11.1 Å². The Morgan fingerprint density at radius 3 is 3.11 bits per heavy atom. The van der Waals surface area contributed by atoms with Gasteiger partial charge in [-0.25, -0.2) is 0 Å². The van der Waals surface area contributed by atoms with E-state index in [-0.39, 0.29) is 18.0 Å². The van der Waals surface area contributed by atoms with Crippen molar-refractivity contribution in [3.05, 3.63) is 28.9 Å². The third kappa shape index (κ3) is 2.61.